The zero-order valence-electron chi connectivity index (χ0n) is 12.0. The van der Waals surface area contributed by atoms with Gasteiger partial charge < -0.3 is 14.8 Å². The topological polar surface area (TPSA) is 30.5 Å². The van der Waals surface area contributed by atoms with Gasteiger partial charge in [0.25, 0.3) is 0 Å². The van der Waals surface area contributed by atoms with Gasteiger partial charge in [-0.25, -0.2) is 0 Å². The Morgan fingerprint density at radius 2 is 2.32 bits per heavy atom. The molecule has 0 bridgehead atoms. The van der Waals surface area contributed by atoms with Crippen molar-refractivity contribution in [2.24, 2.45) is 5.92 Å². The molecule has 0 aromatic carbocycles. The number of likely N-dealkylation sites (N-methyl/N-ethyl adjacent to an activating group) is 1. The highest BCUT2D eigenvalue weighted by Gasteiger charge is 2.44. The van der Waals surface area contributed by atoms with Crippen LogP contribution in [0.1, 0.15) is 39.0 Å². The molecule has 3 rings (SSSR count). The van der Waals surface area contributed by atoms with Gasteiger partial charge in [0.1, 0.15) is 0 Å². The quantitative estimate of drug-likeness (QED) is 0.859. The van der Waals surface area contributed by atoms with E-state index >= 15 is 0 Å². The van der Waals surface area contributed by atoms with Crippen LogP contribution in [0.4, 0.5) is 0 Å². The third kappa shape index (κ3) is 3.12. The summed E-state index contributed by atoms with van der Waals surface area (Å²) in [4.78, 5) is 0. The summed E-state index contributed by atoms with van der Waals surface area (Å²) >= 11 is 2.06. The predicted molar refractivity (Wildman–Crippen MR) is 79.8 cm³/mol. The van der Waals surface area contributed by atoms with Crippen molar-refractivity contribution in [2.45, 2.75) is 56.8 Å². The summed E-state index contributed by atoms with van der Waals surface area (Å²) in [5, 5.41) is 3.71. The van der Waals surface area contributed by atoms with E-state index < -0.39 is 0 Å². The summed E-state index contributed by atoms with van der Waals surface area (Å²) in [5.74, 6) is 3.21. The normalized spacial score (nSPS) is 40.9. The van der Waals surface area contributed by atoms with Crippen molar-refractivity contribution in [1.82, 2.24) is 5.32 Å². The van der Waals surface area contributed by atoms with Crippen LogP contribution in [0.15, 0.2) is 0 Å². The minimum atomic E-state index is 0.194. The average Bonchev–Trinajstić information content (AvgIpc) is 3.08. The maximum absolute atomic E-state index is 6.16. The van der Waals surface area contributed by atoms with Crippen molar-refractivity contribution < 1.29 is 9.47 Å². The Labute approximate surface area is 121 Å². The first-order valence-electron chi connectivity index (χ1n) is 7.90. The minimum Gasteiger partial charge on any atom is -0.377 e. The maximum atomic E-state index is 6.16. The van der Waals surface area contributed by atoms with E-state index in [1.165, 1.54) is 43.6 Å². The third-order valence-corrected chi connectivity index (χ3v) is 6.13. The second-order valence-electron chi connectivity index (χ2n) is 6.22. The molecule has 0 aliphatic carbocycles. The van der Waals surface area contributed by atoms with Gasteiger partial charge in [0.05, 0.1) is 11.7 Å². The Bertz CT molecular complexity index is 288. The smallest absolute Gasteiger partial charge is 0.0783 e. The minimum absolute atomic E-state index is 0.194. The van der Waals surface area contributed by atoms with E-state index in [1.54, 1.807) is 0 Å². The van der Waals surface area contributed by atoms with E-state index in [2.05, 4.69) is 24.0 Å². The number of ether oxygens (including phenoxy) is 2. The zero-order valence-corrected chi connectivity index (χ0v) is 12.8. The Hall–Kier alpha value is 0.230. The average molecular weight is 285 g/mol. The largest absolute Gasteiger partial charge is 0.377 e. The van der Waals surface area contributed by atoms with Crippen LogP contribution in [-0.2, 0) is 9.47 Å². The summed E-state index contributed by atoms with van der Waals surface area (Å²) in [5.41, 5.74) is 0.194. The lowest BCUT2D eigenvalue weighted by Crippen LogP contribution is -2.51. The van der Waals surface area contributed by atoms with Crippen molar-refractivity contribution in [3.05, 3.63) is 0 Å². The fourth-order valence-electron chi connectivity index (χ4n) is 3.96. The second kappa shape index (κ2) is 6.33. The molecular weight excluding hydrogens is 258 g/mol. The van der Waals surface area contributed by atoms with Crippen LogP contribution in [-0.4, -0.2) is 49.0 Å². The first-order chi connectivity index (χ1) is 9.33. The first-order valence-corrected chi connectivity index (χ1v) is 9.05. The molecule has 1 N–H and O–H groups in total. The van der Waals surface area contributed by atoms with Gasteiger partial charge in [-0.3, -0.25) is 0 Å². The number of thioether (sulfide) groups is 1. The first kappa shape index (κ1) is 14.2. The maximum Gasteiger partial charge on any atom is 0.0783 e. The van der Waals surface area contributed by atoms with Gasteiger partial charge in [0.2, 0.25) is 0 Å². The lowest BCUT2D eigenvalue weighted by molar-refractivity contribution is -0.0937. The van der Waals surface area contributed by atoms with E-state index in [0.717, 1.165) is 25.7 Å². The Morgan fingerprint density at radius 3 is 3.00 bits per heavy atom. The van der Waals surface area contributed by atoms with Crippen molar-refractivity contribution in [3.63, 3.8) is 0 Å². The van der Waals surface area contributed by atoms with Crippen LogP contribution in [0.25, 0.3) is 0 Å². The molecule has 0 saturated carbocycles. The molecule has 3 aliphatic heterocycles. The van der Waals surface area contributed by atoms with Gasteiger partial charge in [-0.15, -0.1) is 0 Å². The van der Waals surface area contributed by atoms with Gasteiger partial charge >= 0.3 is 0 Å². The van der Waals surface area contributed by atoms with Gasteiger partial charge in [-0.1, -0.05) is 6.92 Å². The fraction of sp³-hybridized carbons (Fsp3) is 1.00. The fourth-order valence-corrected chi connectivity index (χ4v) is 5.34. The number of hydrogen-bond acceptors (Lipinski definition) is 4. The summed E-state index contributed by atoms with van der Waals surface area (Å²) in [6.07, 6.45) is 6.59. The van der Waals surface area contributed by atoms with Crippen molar-refractivity contribution in [3.8, 4) is 0 Å². The van der Waals surface area contributed by atoms with Gasteiger partial charge in [0, 0.05) is 25.0 Å². The van der Waals surface area contributed by atoms with Crippen molar-refractivity contribution >= 4 is 11.8 Å². The van der Waals surface area contributed by atoms with Gasteiger partial charge in [-0.05, 0) is 50.3 Å². The van der Waals surface area contributed by atoms with E-state index in [9.17, 15) is 0 Å². The number of nitrogens with one attached hydrogen (secondary N) is 1. The summed E-state index contributed by atoms with van der Waals surface area (Å²) in [6.45, 7) is 5.16. The third-order valence-electron chi connectivity index (χ3n) is 4.91. The molecule has 4 unspecified atom stereocenters. The highest BCUT2D eigenvalue weighted by molar-refractivity contribution is 7.99. The molecule has 4 heteroatoms. The predicted octanol–water partition coefficient (Wildman–Crippen LogP) is 2.45. The highest BCUT2D eigenvalue weighted by Crippen LogP contribution is 2.42. The molecule has 3 nitrogen and oxygen atoms in total. The van der Waals surface area contributed by atoms with Crippen LogP contribution in [0.2, 0.25) is 0 Å². The van der Waals surface area contributed by atoms with Crippen molar-refractivity contribution in [1.29, 1.82) is 0 Å². The van der Waals surface area contributed by atoms with E-state index in [-0.39, 0.29) is 5.60 Å². The van der Waals surface area contributed by atoms with Crippen LogP contribution in [0, 0.1) is 5.92 Å². The molecule has 4 atom stereocenters. The molecule has 0 radical (unpaired) electrons. The molecule has 3 saturated heterocycles. The van der Waals surface area contributed by atoms with Crippen molar-refractivity contribution in [2.75, 3.05) is 31.3 Å². The molecule has 3 heterocycles. The van der Waals surface area contributed by atoms with E-state index in [0.29, 0.717) is 12.1 Å². The highest BCUT2D eigenvalue weighted by atomic mass is 32.2. The Balaban J connectivity index is 1.66. The molecule has 1 spiro atoms. The summed E-state index contributed by atoms with van der Waals surface area (Å²) < 4.78 is 12.1. The van der Waals surface area contributed by atoms with Crippen LogP contribution >= 0.6 is 11.8 Å². The molecular formula is C15H27NO2S. The summed E-state index contributed by atoms with van der Waals surface area (Å²) in [7, 11) is 0. The summed E-state index contributed by atoms with van der Waals surface area (Å²) in [6, 6.07) is 0.541. The number of hydrogen-bond donors (Lipinski definition) is 1. The van der Waals surface area contributed by atoms with Crippen LogP contribution in [0.3, 0.4) is 0 Å². The molecule has 110 valence electrons. The second-order valence-corrected chi connectivity index (χ2v) is 7.33. The van der Waals surface area contributed by atoms with Crippen LogP contribution in [0.5, 0.6) is 0 Å². The molecule has 3 aliphatic rings. The lowest BCUT2D eigenvalue weighted by atomic mass is 9.79. The molecule has 19 heavy (non-hydrogen) atoms. The molecule has 0 amide bonds. The Kier molecular flexibility index (Phi) is 4.73. The standard InChI is InChI=1S/C15H27NO2S/c1-2-16-14(13-4-3-7-17-13)12-5-8-18-15(10-12)6-9-19-11-15/h12-14,16H,2-11H2,1H3. The number of rotatable bonds is 4. The van der Waals surface area contributed by atoms with Gasteiger partial charge in [0.15, 0.2) is 0 Å². The van der Waals surface area contributed by atoms with Crippen LogP contribution < -0.4 is 5.32 Å². The zero-order chi connectivity index (χ0) is 13.1. The molecule has 0 aromatic heterocycles. The van der Waals surface area contributed by atoms with E-state index in [4.69, 9.17) is 9.47 Å². The monoisotopic (exact) mass is 285 g/mol. The lowest BCUT2D eigenvalue weighted by Gasteiger charge is -2.42. The Morgan fingerprint density at radius 1 is 1.37 bits per heavy atom. The molecule has 0 aromatic rings. The van der Waals surface area contributed by atoms with E-state index in [1.807, 2.05) is 0 Å². The van der Waals surface area contributed by atoms with Gasteiger partial charge in [-0.2, -0.15) is 11.8 Å². The SMILES string of the molecule is CCNC(C1CCOC2(CCSC2)C1)C1CCCO1. The molecule has 3 fully saturated rings.